The molecule has 0 radical (unpaired) electrons. The molecule has 0 spiro atoms. The van der Waals surface area contributed by atoms with E-state index in [0.29, 0.717) is 5.69 Å². The van der Waals surface area contributed by atoms with Gasteiger partial charge in [-0.05, 0) is 67.1 Å². The first-order valence-corrected chi connectivity index (χ1v) is 7.94. The van der Waals surface area contributed by atoms with E-state index in [1.807, 2.05) is 12.1 Å². The van der Waals surface area contributed by atoms with Crippen LogP contribution in [0.3, 0.4) is 0 Å². The number of nitrogen functional groups attached to an aromatic ring is 1. The number of allylic oxidation sites excluding steroid dienone is 1. The Hall–Kier alpha value is -2.75. The molecule has 3 rings (SSSR count). The fourth-order valence-corrected chi connectivity index (χ4v) is 2.78. The lowest BCUT2D eigenvalue weighted by atomic mass is 9.96. The Morgan fingerprint density at radius 2 is 1.83 bits per heavy atom. The van der Waals surface area contributed by atoms with Gasteiger partial charge in [-0.15, -0.1) is 0 Å². The number of carbonyl (C=O) groups is 1. The number of hydrogen-bond acceptors (Lipinski definition) is 2. The lowest BCUT2D eigenvalue weighted by Crippen LogP contribution is -2.20. The quantitative estimate of drug-likeness (QED) is 0.707. The van der Waals surface area contributed by atoms with Crippen LogP contribution in [0.1, 0.15) is 30.4 Å². The van der Waals surface area contributed by atoms with Crippen LogP contribution in [0.2, 0.25) is 0 Å². The summed E-state index contributed by atoms with van der Waals surface area (Å²) < 4.78 is 0. The third-order valence-electron chi connectivity index (χ3n) is 3.97. The molecule has 1 aliphatic rings. The number of hydrogen-bond donors (Lipinski definition) is 3. The molecular formula is C19H21N3O. The molecule has 0 saturated heterocycles. The molecule has 2 amide bonds. The Morgan fingerprint density at radius 1 is 1.00 bits per heavy atom. The molecule has 4 N–H and O–H groups in total. The minimum atomic E-state index is -0.241. The van der Waals surface area contributed by atoms with Gasteiger partial charge in [0.25, 0.3) is 0 Å². The number of nitrogens with two attached hydrogens (primary N) is 1. The lowest BCUT2D eigenvalue weighted by Gasteiger charge is -2.16. The van der Waals surface area contributed by atoms with Crippen molar-refractivity contribution < 1.29 is 4.79 Å². The molecule has 0 heterocycles. The summed E-state index contributed by atoms with van der Waals surface area (Å²) in [6.07, 6.45) is 8.78. The molecule has 0 bridgehead atoms. The van der Waals surface area contributed by atoms with Crippen molar-refractivity contribution in [1.29, 1.82) is 0 Å². The molecule has 2 aromatic rings. The highest BCUT2D eigenvalue weighted by atomic mass is 16.2. The number of anilines is 3. The summed E-state index contributed by atoms with van der Waals surface area (Å²) in [5.41, 5.74) is 10.3. The third kappa shape index (κ3) is 3.92. The van der Waals surface area contributed by atoms with Crippen molar-refractivity contribution in [3.63, 3.8) is 0 Å². The van der Waals surface area contributed by atoms with Crippen molar-refractivity contribution in [3.8, 4) is 0 Å². The van der Waals surface area contributed by atoms with Crippen LogP contribution in [0.5, 0.6) is 0 Å². The Balaban J connectivity index is 1.75. The predicted octanol–water partition coefficient (Wildman–Crippen LogP) is 4.65. The summed E-state index contributed by atoms with van der Waals surface area (Å²) in [5.74, 6) is 0. The van der Waals surface area contributed by atoms with Gasteiger partial charge in [0.2, 0.25) is 0 Å². The van der Waals surface area contributed by atoms with E-state index < -0.39 is 0 Å². The lowest BCUT2D eigenvalue weighted by molar-refractivity contribution is 0.262. The number of amides is 2. The van der Waals surface area contributed by atoms with Gasteiger partial charge in [0, 0.05) is 17.1 Å². The van der Waals surface area contributed by atoms with Gasteiger partial charge < -0.3 is 16.4 Å². The summed E-state index contributed by atoms with van der Waals surface area (Å²) in [7, 11) is 0. The second-order valence-corrected chi connectivity index (χ2v) is 5.72. The zero-order chi connectivity index (χ0) is 16.1. The smallest absolute Gasteiger partial charge is 0.323 e. The van der Waals surface area contributed by atoms with Crippen molar-refractivity contribution >= 4 is 29.2 Å². The highest BCUT2D eigenvalue weighted by Crippen LogP contribution is 2.26. The number of benzene rings is 2. The minimum absolute atomic E-state index is 0.241. The Labute approximate surface area is 136 Å². The van der Waals surface area contributed by atoms with Gasteiger partial charge >= 0.3 is 6.03 Å². The first kappa shape index (κ1) is 15.2. The van der Waals surface area contributed by atoms with Gasteiger partial charge in [0.15, 0.2) is 0 Å². The summed E-state index contributed by atoms with van der Waals surface area (Å²) in [4.78, 5) is 12.2. The minimum Gasteiger partial charge on any atom is -0.399 e. The normalized spacial score (nSPS) is 15.0. The van der Waals surface area contributed by atoms with E-state index in [9.17, 15) is 4.79 Å². The topological polar surface area (TPSA) is 67.1 Å². The van der Waals surface area contributed by atoms with Gasteiger partial charge in [-0.1, -0.05) is 24.3 Å². The number of urea groups is 1. The zero-order valence-corrected chi connectivity index (χ0v) is 13.0. The molecule has 23 heavy (non-hydrogen) atoms. The average molecular weight is 307 g/mol. The third-order valence-corrected chi connectivity index (χ3v) is 3.97. The maximum absolute atomic E-state index is 12.2. The molecule has 0 saturated carbocycles. The van der Waals surface area contributed by atoms with Crippen LogP contribution < -0.4 is 16.4 Å². The van der Waals surface area contributed by atoms with Crippen LogP contribution in [0.25, 0.3) is 6.08 Å². The molecular weight excluding hydrogens is 286 g/mol. The molecule has 0 fully saturated rings. The molecule has 0 unspecified atom stereocenters. The molecule has 0 aromatic heterocycles. The van der Waals surface area contributed by atoms with Crippen molar-refractivity contribution in [2.75, 3.05) is 16.4 Å². The van der Waals surface area contributed by atoms with E-state index in [2.05, 4.69) is 28.9 Å². The first-order chi connectivity index (χ1) is 11.2. The molecule has 2 aromatic carbocycles. The van der Waals surface area contributed by atoms with Crippen molar-refractivity contribution in [1.82, 2.24) is 0 Å². The summed E-state index contributed by atoms with van der Waals surface area (Å²) in [5, 5.41) is 5.79. The molecule has 0 atom stereocenters. The Kier molecular flexibility index (Phi) is 4.62. The number of fused-ring (bicyclic) bond motifs is 1. The van der Waals surface area contributed by atoms with Gasteiger partial charge in [0.1, 0.15) is 0 Å². The number of carbonyl (C=O) groups excluding carboxylic acids is 1. The molecule has 4 heteroatoms. The van der Waals surface area contributed by atoms with Gasteiger partial charge in [0.05, 0.1) is 0 Å². The second kappa shape index (κ2) is 7.01. The molecule has 0 aliphatic heterocycles. The summed E-state index contributed by atoms with van der Waals surface area (Å²) in [6.45, 7) is 0. The van der Waals surface area contributed by atoms with Crippen LogP contribution in [-0.4, -0.2) is 6.03 Å². The van der Waals surface area contributed by atoms with E-state index in [1.165, 1.54) is 17.5 Å². The molecule has 1 aliphatic carbocycles. The fraction of sp³-hybridized carbons (Fsp3) is 0.211. The fourth-order valence-electron chi connectivity index (χ4n) is 2.78. The zero-order valence-electron chi connectivity index (χ0n) is 13.0. The van der Waals surface area contributed by atoms with Crippen molar-refractivity contribution in [2.24, 2.45) is 0 Å². The van der Waals surface area contributed by atoms with Gasteiger partial charge in [-0.3, -0.25) is 0 Å². The second-order valence-electron chi connectivity index (χ2n) is 5.72. The number of rotatable bonds is 2. The van der Waals surface area contributed by atoms with Crippen molar-refractivity contribution in [3.05, 3.63) is 59.7 Å². The van der Waals surface area contributed by atoms with Crippen LogP contribution in [0, 0.1) is 0 Å². The van der Waals surface area contributed by atoms with E-state index in [-0.39, 0.29) is 6.03 Å². The summed E-state index contributed by atoms with van der Waals surface area (Å²) in [6, 6.07) is 12.9. The average Bonchev–Trinajstić information content (AvgIpc) is 2.51. The molecule has 118 valence electrons. The Bertz CT molecular complexity index is 720. The predicted molar refractivity (Wildman–Crippen MR) is 96.5 cm³/mol. The molecule has 4 nitrogen and oxygen atoms in total. The largest absolute Gasteiger partial charge is 0.399 e. The maximum atomic E-state index is 12.2. The van der Waals surface area contributed by atoms with Crippen LogP contribution >= 0.6 is 0 Å². The van der Waals surface area contributed by atoms with E-state index >= 15 is 0 Å². The standard InChI is InChI=1S/C19H21N3O/c20-15-10-12-16(13-11-15)21-19(23)22-18-9-5-7-14-6-3-1-2-4-8-17(14)18/h3,5-7,9-13H,1-2,4,8,20H2,(H2,21,22,23)/b6-3-. The summed E-state index contributed by atoms with van der Waals surface area (Å²) >= 11 is 0. The number of nitrogens with one attached hydrogen (secondary N) is 2. The van der Waals surface area contributed by atoms with E-state index in [1.54, 1.807) is 24.3 Å². The van der Waals surface area contributed by atoms with Gasteiger partial charge in [-0.25, -0.2) is 4.79 Å². The van der Waals surface area contributed by atoms with E-state index in [0.717, 1.165) is 30.6 Å². The van der Waals surface area contributed by atoms with Crippen LogP contribution in [0.4, 0.5) is 21.9 Å². The monoisotopic (exact) mass is 307 g/mol. The maximum Gasteiger partial charge on any atom is 0.323 e. The van der Waals surface area contributed by atoms with Crippen LogP contribution in [-0.2, 0) is 6.42 Å². The van der Waals surface area contributed by atoms with Crippen LogP contribution in [0.15, 0.2) is 48.5 Å². The van der Waals surface area contributed by atoms with Crippen molar-refractivity contribution in [2.45, 2.75) is 25.7 Å². The SMILES string of the molecule is Nc1ccc(NC(=O)Nc2cccc3c2CCCC/C=C\3)cc1. The highest BCUT2D eigenvalue weighted by Gasteiger charge is 2.11. The van der Waals surface area contributed by atoms with E-state index in [4.69, 9.17) is 5.73 Å². The first-order valence-electron chi connectivity index (χ1n) is 7.94. The highest BCUT2D eigenvalue weighted by molar-refractivity contribution is 6.00. The van der Waals surface area contributed by atoms with Gasteiger partial charge in [-0.2, -0.15) is 0 Å². The Morgan fingerprint density at radius 3 is 2.65 bits per heavy atom.